The van der Waals surface area contributed by atoms with Crippen LogP contribution in [0.4, 0.5) is 0 Å². The van der Waals surface area contributed by atoms with Crippen LogP contribution in [0.5, 0.6) is 5.75 Å². The van der Waals surface area contributed by atoms with Gasteiger partial charge in [-0.1, -0.05) is 5.75 Å². The molecule has 4 nitrogen and oxygen atoms in total. The number of rotatable bonds is 1. The van der Waals surface area contributed by atoms with E-state index in [1.165, 1.54) is 12.3 Å². The van der Waals surface area contributed by atoms with Crippen molar-refractivity contribution >= 4 is 0 Å². The molecule has 14 heavy (non-hydrogen) atoms. The third-order valence-electron chi connectivity index (χ3n) is 1.69. The normalized spacial score (nSPS) is 10.0. The molecule has 0 aromatic carbocycles. The van der Waals surface area contributed by atoms with Gasteiger partial charge in [0.25, 0.3) is 0 Å². The second-order valence-electron chi connectivity index (χ2n) is 2.72. The lowest BCUT2D eigenvalue weighted by atomic mass is 10.2. The third kappa shape index (κ3) is 1.64. The monoisotopic (exact) mass is 188 g/mol. The zero-order chi connectivity index (χ0) is 9.97. The van der Waals surface area contributed by atoms with Crippen LogP contribution in [0.1, 0.15) is 0 Å². The van der Waals surface area contributed by atoms with Crippen molar-refractivity contribution < 1.29 is 9.52 Å². The highest BCUT2D eigenvalue weighted by Gasteiger charge is 1.99. The minimum Gasteiger partial charge on any atom is -0.872 e. The zero-order valence-electron chi connectivity index (χ0n) is 7.14. The van der Waals surface area contributed by atoms with Crippen molar-refractivity contribution in [3.8, 4) is 17.1 Å². The molecule has 0 saturated carbocycles. The first kappa shape index (κ1) is 8.50. The standard InChI is InChI=1S/C10H7NO3/c12-8-4-9(14-10(13)5-8)7-2-1-3-11-6-7/h1-6,12H/p-1. The Labute approximate surface area is 79.5 Å². The Kier molecular flexibility index (Phi) is 2.02. The molecule has 0 amide bonds. The third-order valence-corrected chi connectivity index (χ3v) is 1.69. The highest BCUT2D eigenvalue weighted by molar-refractivity contribution is 5.56. The van der Waals surface area contributed by atoms with Gasteiger partial charge in [0.15, 0.2) is 0 Å². The number of hydrogen-bond donors (Lipinski definition) is 0. The molecule has 0 saturated heterocycles. The summed E-state index contributed by atoms with van der Waals surface area (Å²) in [7, 11) is 0. The van der Waals surface area contributed by atoms with Gasteiger partial charge in [-0.15, -0.1) is 0 Å². The van der Waals surface area contributed by atoms with E-state index in [0.29, 0.717) is 5.56 Å². The Morgan fingerprint density at radius 1 is 1.36 bits per heavy atom. The molecule has 2 rings (SSSR count). The summed E-state index contributed by atoms with van der Waals surface area (Å²) in [6.45, 7) is 0. The van der Waals surface area contributed by atoms with E-state index in [4.69, 9.17) is 4.42 Å². The molecular formula is C10H6NO3-. The Hall–Kier alpha value is -2.10. The van der Waals surface area contributed by atoms with E-state index in [9.17, 15) is 9.90 Å². The van der Waals surface area contributed by atoms with Crippen LogP contribution in [-0.2, 0) is 0 Å². The predicted octanol–water partition coefficient (Wildman–Crippen LogP) is 0.775. The van der Waals surface area contributed by atoms with Crippen molar-refractivity contribution in [2.75, 3.05) is 0 Å². The van der Waals surface area contributed by atoms with Crippen LogP contribution in [0.25, 0.3) is 11.3 Å². The first-order valence-corrected chi connectivity index (χ1v) is 3.98. The molecule has 2 heterocycles. The van der Waals surface area contributed by atoms with Crippen molar-refractivity contribution in [2.24, 2.45) is 0 Å². The van der Waals surface area contributed by atoms with Gasteiger partial charge in [-0.2, -0.15) is 0 Å². The van der Waals surface area contributed by atoms with E-state index in [0.717, 1.165) is 6.07 Å². The molecule has 0 spiro atoms. The summed E-state index contributed by atoms with van der Waals surface area (Å²) in [6.07, 6.45) is 3.13. The Morgan fingerprint density at radius 3 is 2.86 bits per heavy atom. The average molecular weight is 188 g/mol. The van der Waals surface area contributed by atoms with E-state index in [1.54, 1.807) is 18.3 Å². The lowest BCUT2D eigenvalue weighted by Crippen LogP contribution is -2.01. The lowest BCUT2D eigenvalue weighted by Gasteiger charge is -2.05. The number of hydrogen-bond acceptors (Lipinski definition) is 4. The molecule has 0 atom stereocenters. The summed E-state index contributed by atoms with van der Waals surface area (Å²) in [5, 5.41) is 11.0. The molecule has 0 N–H and O–H groups in total. The molecule has 0 aliphatic carbocycles. The first-order valence-electron chi connectivity index (χ1n) is 3.98. The quantitative estimate of drug-likeness (QED) is 0.663. The SMILES string of the molecule is O=c1cc([O-])cc(-c2cccnc2)o1. The van der Waals surface area contributed by atoms with Crippen LogP contribution in [-0.4, -0.2) is 4.98 Å². The fraction of sp³-hybridized carbons (Fsp3) is 0. The molecule has 0 bridgehead atoms. The predicted molar refractivity (Wildman–Crippen MR) is 47.7 cm³/mol. The lowest BCUT2D eigenvalue weighted by molar-refractivity contribution is -0.268. The molecule has 2 aromatic heterocycles. The molecule has 0 aliphatic rings. The summed E-state index contributed by atoms with van der Waals surface area (Å²) in [5.74, 6) is -0.115. The maximum atomic E-state index is 11.0. The van der Waals surface area contributed by atoms with Gasteiger partial charge < -0.3 is 9.52 Å². The molecule has 2 aromatic rings. The van der Waals surface area contributed by atoms with Crippen LogP contribution < -0.4 is 10.7 Å². The summed E-state index contributed by atoms with van der Waals surface area (Å²) < 4.78 is 4.85. The molecule has 0 radical (unpaired) electrons. The Balaban J connectivity index is 2.58. The summed E-state index contributed by atoms with van der Waals surface area (Å²) in [5.41, 5.74) is -0.0290. The van der Waals surface area contributed by atoms with Gasteiger partial charge in [-0.05, 0) is 18.2 Å². The van der Waals surface area contributed by atoms with E-state index in [1.807, 2.05) is 0 Å². The average Bonchev–Trinajstić information content (AvgIpc) is 2.18. The van der Waals surface area contributed by atoms with Crippen molar-refractivity contribution in [1.82, 2.24) is 4.98 Å². The van der Waals surface area contributed by atoms with Crippen LogP contribution in [0, 0.1) is 0 Å². The molecule has 0 unspecified atom stereocenters. The van der Waals surface area contributed by atoms with Gasteiger partial charge in [0.1, 0.15) is 5.76 Å². The van der Waals surface area contributed by atoms with Crippen LogP contribution in [0.3, 0.4) is 0 Å². The van der Waals surface area contributed by atoms with Gasteiger partial charge in [0.2, 0.25) is 0 Å². The first-order chi connectivity index (χ1) is 6.75. The highest BCUT2D eigenvalue weighted by atomic mass is 16.4. The van der Waals surface area contributed by atoms with Gasteiger partial charge in [0, 0.05) is 24.0 Å². The van der Waals surface area contributed by atoms with E-state index < -0.39 is 5.63 Å². The summed E-state index contributed by atoms with van der Waals surface area (Å²) >= 11 is 0. The maximum absolute atomic E-state index is 11.0. The number of nitrogens with zero attached hydrogens (tertiary/aromatic N) is 1. The van der Waals surface area contributed by atoms with E-state index >= 15 is 0 Å². The summed E-state index contributed by atoms with van der Waals surface area (Å²) in [4.78, 5) is 14.8. The second kappa shape index (κ2) is 3.33. The smallest absolute Gasteiger partial charge is 0.335 e. The fourth-order valence-corrected chi connectivity index (χ4v) is 1.11. The number of aromatic nitrogens is 1. The maximum Gasteiger partial charge on any atom is 0.335 e. The van der Waals surface area contributed by atoms with E-state index in [2.05, 4.69) is 4.98 Å². The van der Waals surface area contributed by atoms with Gasteiger partial charge >= 0.3 is 5.63 Å². The Morgan fingerprint density at radius 2 is 2.21 bits per heavy atom. The second-order valence-corrected chi connectivity index (χ2v) is 2.72. The van der Waals surface area contributed by atoms with E-state index in [-0.39, 0.29) is 11.5 Å². The van der Waals surface area contributed by atoms with Gasteiger partial charge in [-0.25, -0.2) is 4.79 Å². The van der Waals surface area contributed by atoms with Crippen molar-refractivity contribution in [2.45, 2.75) is 0 Å². The largest absolute Gasteiger partial charge is 0.872 e. The topological polar surface area (TPSA) is 66.2 Å². The molecule has 0 fully saturated rings. The van der Waals surface area contributed by atoms with Crippen LogP contribution >= 0.6 is 0 Å². The molecular weight excluding hydrogens is 182 g/mol. The highest BCUT2D eigenvalue weighted by Crippen LogP contribution is 2.18. The Bertz CT molecular complexity index is 490. The van der Waals surface area contributed by atoms with Gasteiger partial charge in [-0.3, -0.25) is 4.98 Å². The van der Waals surface area contributed by atoms with Crippen molar-refractivity contribution in [1.29, 1.82) is 0 Å². The minimum atomic E-state index is -0.642. The molecule has 70 valence electrons. The van der Waals surface area contributed by atoms with Gasteiger partial charge in [0.05, 0.1) is 0 Å². The van der Waals surface area contributed by atoms with Crippen molar-refractivity contribution in [3.05, 3.63) is 47.1 Å². The minimum absolute atomic E-state index is 0.246. The van der Waals surface area contributed by atoms with Crippen molar-refractivity contribution in [3.63, 3.8) is 0 Å². The summed E-state index contributed by atoms with van der Waals surface area (Å²) in [6, 6.07) is 5.58. The number of pyridine rings is 1. The van der Waals surface area contributed by atoms with Crippen LogP contribution in [0.2, 0.25) is 0 Å². The van der Waals surface area contributed by atoms with Crippen LogP contribution in [0.15, 0.2) is 45.9 Å². The fourth-order valence-electron chi connectivity index (χ4n) is 1.11. The molecule has 0 aliphatic heterocycles. The molecule has 4 heteroatoms. The zero-order valence-corrected chi connectivity index (χ0v) is 7.14.